The number of ketones is 1. The van der Waals surface area contributed by atoms with E-state index >= 15 is 0 Å². The summed E-state index contributed by atoms with van der Waals surface area (Å²) in [5.74, 6) is 0.803. The van der Waals surface area contributed by atoms with Crippen LogP contribution < -0.4 is 5.73 Å². The number of rotatable bonds is 3. The highest BCUT2D eigenvalue weighted by Crippen LogP contribution is 2.48. The predicted octanol–water partition coefficient (Wildman–Crippen LogP) is 7.44. The summed E-state index contributed by atoms with van der Waals surface area (Å²) in [6, 6.07) is 19.5. The molecule has 1 aliphatic carbocycles. The number of ether oxygens (including phenoxy) is 1. The zero-order valence-electron chi connectivity index (χ0n) is 17.6. The van der Waals surface area contributed by atoms with Crippen molar-refractivity contribution in [3.63, 3.8) is 0 Å². The molecule has 2 atom stereocenters. The van der Waals surface area contributed by atoms with Gasteiger partial charge in [0, 0.05) is 37.4 Å². The molecule has 5 rings (SSSR count). The van der Waals surface area contributed by atoms with Gasteiger partial charge < -0.3 is 14.9 Å². The van der Waals surface area contributed by atoms with Crippen LogP contribution in [0.1, 0.15) is 36.0 Å². The molecule has 2 heterocycles. The second-order valence-corrected chi connectivity index (χ2v) is 10.8. The van der Waals surface area contributed by atoms with Gasteiger partial charge in [-0.2, -0.15) is 5.26 Å². The van der Waals surface area contributed by atoms with Gasteiger partial charge in [0.2, 0.25) is 5.88 Å². The molecule has 8 heteroatoms. The van der Waals surface area contributed by atoms with Crippen molar-refractivity contribution in [2.24, 2.45) is 5.73 Å². The molecule has 34 heavy (non-hydrogen) atoms. The molecule has 5 nitrogen and oxygen atoms in total. The average molecular weight is 645 g/mol. The highest BCUT2D eigenvalue weighted by Gasteiger charge is 2.42. The van der Waals surface area contributed by atoms with Crippen molar-refractivity contribution in [1.82, 2.24) is 0 Å². The Balaban J connectivity index is 1.58. The van der Waals surface area contributed by atoms with Gasteiger partial charge in [0.25, 0.3) is 0 Å². The summed E-state index contributed by atoms with van der Waals surface area (Å²) in [6.45, 7) is 0. The van der Waals surface area contributed by atoms with Gasteiger partial charge in [-0.25, -0.2) is 0 Å². The van der Waals surface area contributed by atoms with Crippen molar-refractivity contribution in [1.29, 1.82) is 5.26 Å². The summed E-state index contributed by atoms with van der Waals surface area (Å²) in [5, 5.41) is 9.88. The van der Waals surface area contributed by atoms with Crippen molar-refractivity contribution in [3.8, 4) is 17.4 Å². The third kappa shape index (κ3) is 4.06. The number of benzene rings is 2. The first kappa shape index (κ1) is 23.2. The second kappa shape index (κ2) is 9.21. The number of nitrogens with two attached hydrogens (primary N) is 1. The largest absolute Gasteiger partial charge is 0.460 e. The summed E-state index contributed by atoms with van der Waals surface area (Å²) in [5.41, 5.74) is 8.69. The maximum atomic E-state index is 13.4. The van der Waals surface area contributed by atoms with Crippen LogP contribution in [0.5, 0.6) is 0 Å². The van der Waals surface area contributed by atoms with Crippen LogP contribution >= 0.6 is 47.8 Å². The number of hydrogen-bond acceptors (Lipinski definition) is 5. The Morgan fingerprint density at radius 1 is 1.00 bits per heavy atom. The first-order valence-corrected chi connectivity index (χ1v) is 12.9. The lowest BCUT2D eigenvalue weighted by molar-refractivity contribution is -0.117. The first-order chi connectivity index (χ1) is 16.4. The Morgan fingerprint density at radius 3 is 2.38 bits per heavy atom. The molecule has 3 aromatic rings. The molecule has 1 aromatic heterocycles. The van der Waals surface area contributed by atoms with Crippen LogP contribution in [-0.4, -0.2) is 5.78 Å². The molecule has 0 bridgehead atoms. The monoisotopic (exact) mass is 642 g/mol. The molecule has 0 spiro atoms. The van der Waals surface area contributed by atoms with Crippen LogP contribution in [0.25, 0.3) is 11.3 Å². The number of carbonyl (C=O) groups is 1. The quantitative estimate of drug-likeness (QED) is 0.320. The Labute approximate surface area is 221 Å². The third-order valence-corrected chi connectivity index (χ3v) is 7.81. The van der Waals surface area contributed by atoms with E-state index < -0.39 is 5.92 Å². The highest BCUT2D eigenvalue weighted by atomic mass is 79.9. The number of carbonyl (C=O) groups excluding carboxylic acids is 1. The molecular weight excluding hydrogens is 628 g/mol. The van der Waals surface area contributed by atoms with Crippen molar-refractivity contribution < 1.29 is 13.9 Å². The van der Waals surface area contributed by atoms with Crippen molar-refractivity contribution in [2.75, 3.05) is 0 Å². The van der Waals surface area contributed by atoms with E-state index in [0.717, 1.165) is 24.5 Å². The molecule has 1 aliphatic heterocycles. The van der Waals surface area contributed by atoms with E-state index in [-0.39, 0.29) is 23.2 Å². The van der Waals surface area contributed by atoms with Gasteiger partial charge in [-0.05, 0) is 67.6 Å². The summed E-state index contributed by atoms with van der Waals surface area (Å²) in [6.07, 6.45) is 0.858. The number of Topliss-reactive ketones (excluding diaryl/α,β-unsaturated/α-hetero) is 1. The molecule has 0 fully saturated rings. The SMILES string of the molecule is N#CC1=C(N)OC2=C(C(=O)CC(c3ccccc3)C2)C1c1ccc(-c2c(Br)cc(Br)cc2Br)o1. The number of nitrogens with zero attached hydrogens (tertiary/aromatic N) is 1. The van der Waals surface area contributed by atoms with Crippen molar-refractivity contribution in [2.45, 2.75) is 24.7 Å². The molecule has 0 radical (unpaired) electrons. The Kier molecular flexibility index (Phi) is 6.28. The minimum Gasteiger partial charge on any atom is -0.460 e. The summed E-state index contributed by atoms with van der Waals surface area (Å²) < 4.78 is 14.7. The number of furan rings is 1. The molecular formula is C26H17Br3N2O3. The van der Waals surface area contributed by atoms with E-state index in [2.05, 4.69) is 53.9 Å². The Morgan fingerprint density at radius 2 is 1.71 bits per heavy atom. The van der Waals surface area contributed by atoms with Crippen LogP contribution in [0.2, 0.25) is 0 Å². The average Bonchev–Trinajstić information content (AvgIpc) is 3.27. The van der Waals surface area contributed by atoms with E-state index in [1.54, 1.807) is 6.07 Å². The van der Waals surface area contributed by atoms with Gasteiger partial charge >= 0.3 is 0 Å². The molecule has 0 amide bonds. The molecule has 2 N–H and O–H groups in total. The Hall–Kier alpha value is -2.60. The summed E-state index contributed by atoms with van der Waals surface area (Å²) >= 11 is 10.6. The maximum absolute atomic E-state index is 13.4. The predicted molar refractivity (Wildman–Crippen MR) is 138 cm³/mol. The van der Waals surface area contributed by atoms with Gasteiger partial charge in [-0.1, -0.05) is 46.3 Å². The zero-order valence-corrected chi connectivity index (χ0v) is 22.4. The smallest absolute Gasteiger partial charge is 0.205 e. The third-order valence-electron chi connectivity index (χ3n) is 6.10. The van der Waals surface area contributed by atoms with Crippen LogP contribution in [0.3, 0.4) is 0 Å². The Bertz CT molecular complexity index is 1390. The van der Waals surface area contributed by atoms with Gasteiger partial charge in [0.15, 0.2) is 5.78 Å². The zero-order chi connectivity index (χ0) is 24.0. The van der Waals surface area contributed by atoms with Crippen LogP contribution in [-0.2, 0) is 9.53 Å². The second-order valence-electron chi connectivity index (χ2n) is 8.15. The van der Waals surface area contributed by atoms with E-state index in [4.69, 9.17) is 14.9 Å². The maximum Gasteiger partial charge on any atom is 0.205 e. The minimum absolute atomic E-state index is 0.00799. The number of allylic oxidation sites excluding steroid dienone is 3. The van der Waals surface area contributed by atoms with Crippen molar-refractivity contribution in [3.05, 3.63) is 102 Å². The molecule has 0 saturated carbocycles. The van der Waals surface area contributed by atoms with E-state index in [1.807, 2.05) is 48.5 Å². The normalized spacial score (nSPS) is 20.1. The molecule has 2 unspecified atom stereocenters. The summed E-state index contributed by atoms with van der Waals surface area (Å²) in [7, 11) is 0. The summed E-state index contributed by atoms with van der Waals surface area (Å²) in [4.78, 5) is 13.4. The fraction of sp³-hybridized carbons (Fsp3) is 0.154. The molecule has 2 aliphatic rings. The van der Waals surface area contributed by atoms with E-state index in [1.165, 1.54) is 0 Å². The van der Waals surface area contributed by atoms with Gasteiger partial charge in [-0.3, -0.25) is 4.79 Å². The fourth-order valence-electron chi connectivity index (χ4n) is 4.57. The van der Waals surface area contributed by atoms with E-state index in [9.17, 15) is 10.1 Å². The van der Waals surface area contributed by atoms with E-state index in [0.29, 0.717) is 35.7 Å². The standard InChI is InChI=1S/C26H17Br3N2O3/c27-15-10-17(28)24(18(29)11-15)21-7-6-20(33-21)23-16(12-30)26(31)34-22-9-14(8-19(32)25(22)23)13-4-2-1-3-5-13/h1-7,10-11,14,23H,8-9,31H2. The van der Waals surface area contributed by atoms with Gasteiger partial charge in [0.05, 0.1) is 5.92 Å². The lowest BCUT2D eigenvalue weighted by atomic mass is 9.75. The highest BCUT2D eigenvalue weighted by molar-refractivity contribution is 9.11. The lowest BCUT2D eigenvalue weighted by Crippen LogP contribution is -2.29. The molecule has 0 saturated heterocycles. The lowest BCUT2D eigenvalue weighted by Gasteiger charge is -2.33. The first-order valence-electron chi connectivity index (χ1n) is 10.5. The number of hydrogen-bond donors (Lipinski definition) is 1. The van der Waals surface area contributed by atoms with Crippen LogP contribution in [0, 0.1) is 11.3 Å². The molecule has 2 aromatic carbocycles. The van der Waals surface area contributed by atoms with Gasteiger partial charge in [-0.15, -0.1) is 0 Å². The van der Waals surface area contributed by atoms with Crippen LogP contribution in [0.15, 0.2) is 95.2 Å². The fourth-order valence-corrected chi connectivity index (χ4v) is 7.22. The van der Waals surface area contributed by atoms with Crippen molar-refractivity contribution >= 4 is 53.6 Å². The van der Waals surface area contributed by atoms with Crippen LogP contribution in [0.4, 0.5) is 0 Å². The number of halogens is 3. The number of nitriles is 1. The van der Waals surface area contributed by atoms with Gasteiger partial charge in [0.1, 0.15) is 28.9 Å². The minimum atomic E-state index is -0.709. The molecule has 170 valence electrons. The topological polar surface area (TPSA) is 89.3 Å².